The van der Waals surface area contributed by atoms with Crippen molar-refractivity contribution >= 4 is 5.91 Å². The van der Waals surface area contributed by atoms with E-state index in [1.54, 1.807) is 13.0 Å². The number of amides is 1. The molecule has 0 atom stereocenters. The predicted molar refractivity (Wildman–Crippen MR) is 127 cm³/mol. The van der Waals surface area contributed by atoms with Crippen molar-refractivity contribution in [2.45, 2.75) is 76.6 Å². The molecule has 1 aliphatic heterocycles. The lowest BCUT2D eigenvalue weighted by Crippen LogP contribution is -2.48. The molecular formula is C26H33F3N4O2. The summed E-state index contributed by atoms with van der Waals surface area (Å²) >= 11 is 0. The van der Waals surface area contributed by atoms with Crippen molar-refractivity contribution in [2.75, 3.05) is 20.2 Å². The predicted octanol–water partition coefficient (Wildman–Crippen LogP) is 4.93. The number of nitrogens with zero attached hydrogens (tertiary/aromatic N) is 3. The minimum atomic E-state index is -4.42. The summed E-state index contributed by atoms with van der Waals surface area (Å²) in [5, 5.41) is 3.77. The van der Waals surface area contributed by atoms with Crippen LogP contribution in [0, 0.1) is 6.92 Å². The fourth-order valence-corrected chi connectivity index (χ4v) is 5.06. The Kier molecular flexibility index (Phi) is 7.94. The molecule has 9 heteroatoms. The molecule has 2 heterocycles. The van der Waals surface area contributed by atoms with Crippen molar-refractivity contribution in [3.05, 3.63) is 52.3 Å². The van der Waals surface area contributed by atoms with Gasteiger partial charge in [-0.2, -0.15) is 23.1 Å². The Hall–Kier alpha value is -2.68. The van der Waals surface area contributed by atoms with Crippen LogP contribution < -0.4 is 10.1 Å². The van der Waals surface area contributed by atoms with E-state index >= 15 is 0 Å². The number of halogens is 3. The summed E-state index contributed by atoms with van der Waals surface area (Å²) in [4.78, 5) is 23.9. The third kappa shape index (κ3) is 6.31. The molecule has 1 N–H and O–H groups in total. The van der Waals surface area contributed by atoms with Crippen molar-refractivity contribution in [3.8, 4) is 6.01 Å². The van der Waals surface area contributed by atoms with Gasteiger partial charge in [0.1, 0.15) is 5.69 Å². The average molecular weight is 491 g/mol. The fraction of sp³-hybridized carbons (Fsp3) is 0.577. The lowest BCUT2D eigenvalue weighted by Gasteiger charge is -2.35. The zero-order valence-electron chi connectivity index (χ0n) is 20.3. The summed E-state index contributed by atoms with van der Waals surface area (Å²) < 4.78 is 44.6. The van der Waals surface area contributed by atoms with Crippen LogP contribution in [-0.4, -0.2) is 53.1 Å². The van der Waals surface area contributed by atoms with Gasteiger partial charge in [0.2, 0.25) is 0 Å². The number of benzene rings is 1. The van der Waals surface area contributed by atoms with Gasteiger partial charge in [0.25, 0.3) is 5.91 Å². The first-order valence-electron chi connectivity index (χ1n) is 12.4. The molecule has 35 heavy (non-hydrogen) atoms. The number of rotatable bonds is 6. The van der Waals surface area contributed by atoms with Crippen molar-refractivity contribution < 1.29 is 22.7 Å². The Balaban J connectivity index is 1.47. The van der Waals surface area contributed by atoms with Gasteiger partial charge in [0, 0.05) is 37.2 Å². The zero-order valence-corrected chi connectivity index (χ0v) is 20.3. The van der Waals surface area contributed by atoms with Gasteiger partial charge in [-0.05, 0) is 44.2 Å². The van der Waals surface area contributed by atoms with E-state index in [1.165, 1.54) is 45.3 Å². The van der Waals surface area contributed by atoms with E-state index in [4.69, 9.17) is 4.74 Å². The standard InChI is InChI=1S/C26H33F3N4O2/c1-17-22(16-18-7-6-8-19(15-18)26(27,28)29)31-25(35-2)32-23(17)24(34)33-13-11-21(12-14-33)30-20-9-4-3-5-10-20/h6-8,15,20-21,30H,3-5,9-14,16H2,1-2H3. The van der Waals surface area contributed by atoms with Crippen LogP contribution in [0.5, 0.6) is 6.01 Å². The second kappa shape index (κ2) is 10.9. The Labute approximate surface area is 204 Å². The van der Waals surface area contributed by atoms with Gasteiger partial charge in [-0.25, -0.2) is 0 Å². The monoisotopic (exact) mass is 490 g/mol. The second-order valence-corrected chi connectivity index (χ2v) is 9.57. The number of carbonyl (C=O) groups is 1. The third-order valence-electron chi connectivity index (χ3n) is 7.10. The van der Waals surface area contributed by atoms with Gasteiger partial charge in [-0.15, -0.1) is 0 Å². The Morgan fingerprint density at radius 1 is 1.09 bits per heavy atom. The highest BCUT2D eigenvalue weighted by atomic mass is 19.4. The third-order valence-corrected chi connectivity index (χ3v) is 7.10. The van der Waals surface area contributed by atoms with Crippen LogP contribution in [-0.2, 0) is 12.6 Å². The van der Waals surface area contributed by atoms with E-state index in [9.17, 15) is 18.0 Å². The van der Waals surface area contributed by atoms with Gasteiger partial charge in [-0.1, -0.05) is 37.5 Å². The fourth-order valence-electron chi connectivity index (χ4n) is 5.06. The lowest BCUT2D eigenvalue weighted by atomic mass is 9.93. The molecule has 1 saturated heterocycles. The Morgan fingerprint density at radius 3 is 2.43 bits per heavy atom. The number of alkyl halides is 3. The van der Waals surface area contributed by atoms with Gasteiger partial charge in [-0.3, -0.25) is 4.79 Å². The number of piperidine rings is 1. The molecular weight excluding hydrogens is 457 g/mol. The Bertz CT molecular complexity index is 1030. The molecule has 1 amide bonds. The molecule has 0 spiro atoms. The maximum atomic E-state index is 13.4. The number of nitrogens with one attached hydrogen (secondary N) is 1. The summed E-state index contributed by atoms with van der Waals surface area (Å²) in [7, 11) is 1.41. The van der Waals surface area contributed by atoms with Crippen LogP contribution in [0.15, 0.2) is 24.3 Å². The number of hydrogen-bond acceptors (Lipinski definition) is 5. The van der Waals surface area contributed by atoms with Crippen molar-refractivity contribution in [2.24, 2.45) is 0 Å². The van der Waals surface area contributed by atoms with Crippen LogP contribution in [0.2, 0.25) is 0 Å². The van der Waals surface area contributed by atoms with Crippen LogP contribution in [0.3, 0.4) is 0 Å². The smallest absolute Gasteiger partial charge is 0.416 e. The number of ether oxygens (including phenoxy) is 1. The molecule has 0 radical (unpaired) electrons. The van der Waals surface area contributed by atoms with Crippen molar-refractivity contribution in [3.63, 3.8) is 0 Å². The lowest BCUT2D eigenvalue weighted by molar-refractivity contribution is -0.137. The van der Waals surface area contributed by atoms with Crippen LogP contribution in [0.1, 0.15) is 77.8 Å². The van der Waals surface area contributed by atoms with E-state index in [1.807, 2.05) is 4.90 Å². The first-order chi connectivity index (χ1) is 16.7. The maximum Gasteiger partial charge on any atom is 0.416 e. The molecule has 190 valence electrons. The molecule has 1 saturated carbocycles. The quantitative estimate of drug-likeness (QED) is 0.622. The van der Waals surface area contributed by atoms with Crippen LogP contribution in [0.25, 0.3) is 0 Å². The highest BCUT2D eigenvalue weighted by Crippen LogP contribution is 2.30. The summed E-state index contributed by atoms with van der Waals surface area (Å²) in [5.41, 5.74) is 1.04. The van der Waals surface area contributed by atoms with Crippen LogP contribution >= 0.6 is 0 Å². The summed E-state index contributed by atoms with van der Waals surface area (Å²) in [5.74, 6) is -0.190. The zero-order chi connectivity index (χ0) is 25.0. The molecule has 1 aliphatic carbocycles. The average Bonchev–Trinajstić information content (AvgIpc) is 2.85. The molecule has 2 fully saturated rings. The molecule has 1 aromatic carbocycles. The largest absolute Gasteiger partial charge is 0.467 e. The number of aromatic nitrogens is 2. The van der Waals surface area contributed by atoms with Gasteiger partial charge in [0.05, 0.1) is 18.4 Å². The van der Waals surface area contributed by atoms with Crippen molar-refractivity contribution in [1.82, 2.24) is 20.2 Å². The molecule has 6 nitrogen and oxygen atoms in total. The molecule has 0 unspecified atom stereocenters. The molecule has 2 aromatic rings. The van der Waals surface area contributed by atoms with Crippen LogP contribution in [0.4, 0.5) is 13.2 Å². The normalized spacial score (nSPS) is 18.0. The number of likely N-dealkylation sites (tertiary alicyclic amines) is 1. The summed E-state index contributed by atoms with van der Waals surface area (Å²) in [6.07, 6.45) is 3.85. The van der Waals surface area contributed by atoms with E-state index < -0.39 is 11.7 Å². The molecule has 1 aromatic heterocycles. The molecule has 0 bridgehead atoms. The van der Waals surface area contributed by atoms with Gasteiger partial charge >= 0.3 is 12.2 Å². The topological polar surface area (TPSA) is 67.3 Å². The maximum absolute atomic E-state index is 13.4. The highest BCUT2D eigenvalue weighted by molar-refractivity contribution is 5.94. The summed E-state index contributed by atoms with van der Waals surface area (Å²) in [6, 6.07) is 6.19. The number of carbonyl (C=O) groups excluding carboxylic acids is 1. The number of hydrogen-bond donors (Lipinski definition) is 1. The van der Waals surface area contributed by atoms with Crippen molar-refractivity contribution in [1.29, 1.82) is 0 Å². The molecule has 4 rings (SSSR count). The Morgan fingerprint density at radius 2 is 1.77 bits per heavy atom. The van der Waals surface area contributed by atoms with Gasteiger partial charge in [0.15, 0.2) is 0 Å². The van der Waals surface area contributed by atoms with Gasteiger partial charge < -0.3 is 15.0 Å². The first-order valence-corrected chi connectivity index (χ1v) is 12.4. The van der Waals surface area contributed by atoms with E-state index in [0.29, 0.717) is 42.0 Å². The summed E-state index contributed by atoms with van der Waals surface area (Å²) in [6.45, 7) is 3.02. The molecule has 2 aliphatic rings. The minimum absolute atomic E-state index is 0.0368. The van der Waals surface area contributed by atoms with E-state index in [2.05, 4.69) is 15.3 Å². The highest BCUT2D eigenvalue weighted by Gasteiger charge is 2.31. The number of methoxy groups -OCH3 is 1. The van der Waals surface area contributed by atoms with E-state index in [-0.39, 0.29) is 24.0 Å². The minimum Gasteiger partial charge on any atom is -0.467 e. The SMILES string of the molecule is COc1nc(Cc2cccc(C(F)(F)F)c2)c(C)c(C(=O)N2CCC(NC3CCCCC3)CC2)n1. The second-order valence-electron chi connectivity index (χ2n) is 9.57. The van der Waals surface area contributed by atoms with E-state index in [0.717, 1.165) is 25.0 Å². The first kappa shape index (κ1) is 25.4.